The van der Waals surface area contributed by atoms with Crippen LogP contribution in [0.2, 0.25) is 0 Å². The fourth-order valence-electron chi connectivity index (χ4n) is 0.803. The van der Waals surface area contributed by atoms with Crippen LogP contribution in [0.3, 0.4) is 0 Å². The Morgan fingerprint density at radius 3 is 1.77 bits per heavy atom. The molecule has 0 aliphatic rings. The van der Waals surface area contributed by atoms with Crippen molar-refractivity contribution in [3.63, 3.8) is 0 Å². The second kappa shape index (κ2) is 23.0. The first-order chi connectivity index (χ1) is 5.83. The minimum atomic E-state index is 0. The summed E-state index contributed by atoms with van der Waals surface area (Å²) in [7, 11) is 0. The Hall–Kier alpha value is 0.766. The van der Waals surface area contributed by atoms with E-state index in [0.717, 1.165) is 6.42 Å². The van der Waals surface area contributed by atoms with Crippen molar-refractivity contribution in [1.29, 1.82) is 0 Å². The summed E-state index contributed by atoms with van der Waals surface area (Å²) in [6.07, 6.45) is 11.2. The summed E-state index contributed by atoms with van der Waals surface area (Å²) in [4.78, 5) is 0. The molecule has 0 saturated heterocycles. The summed E-state index contributed by atoms with van der Waals surface area (Å²) in [5, 5.41) is 0. The van der Waals surface area contributed by atoms with Gasteiger partial charge in [0, 0.05) is 0 Å². The third-order valence-electron chi connectivity index (χ3n) is 1.65. The van der Waals surface area contributed by atoms with Gasteiger partial charge in [0.2, 0.25) is 0 Å². The first-order valence-corrected chi connectivity index (χ1v) is 5.44. The number of hydrogen-bond acceptors (Lipinski definition) is 0. The predicted octanol–water partition coefficient (Wildman–Crippen LogP) is 4.42. The Kier molecular flexibility index (Phi) is 34.2. The van der Waals surface area contributed by atoms with E-state index >= 15 is 0 Å². The maximum absolute atomic E-state index is 3.68. The van der Waals surface area contributed by atoms with Crippen LogP contribution in [0.15, 0.2) is 0 Å². The molecular weight excluding hydrogens is 168 g/mol. The number of unbranched alkanes of at least 4 members (excludes halogenated alkanes) is 6. The Morgan fingerprint density at radius 1 is 1.00 bits per heavy atom. The smallest absolute Gasteiger partial charge is 0.343 e. The average Bonchev–Trinajstić information content (AvgIpc) is 2.08. The molecule has 0 saturated carbocycles. The molecule has 0 spiro atoms. The molecular formula is C12H26Mg. The molecule has 0 aromatic carbocycles. The van der Waals surface area contributed by atoms with Gasteiger partial charge in [-0.25, -0.2) is 0 Å². The zero-order valence-corrected chi connectivity index (χ0v) is 11.4. The summed E-state index contributed by atoms with van der Waals surface area (Å²) in [6, 6.07) is 0. The Bertz CT molecular complexity index is 47.1. The Balaban J connectivity index is -0.000000150. The van der Waals surface area contributed by atoms with Crippen LogP contribution in [0.4, 0.5) is 0 Å². The molecule has 0 N–H and O–H groups in total. The van der Waals surface area contributed by atoms with Crippen molar-refractivity contribution in [2.24, 2.45) is 0 Å². The fraction of sp³-hybridized carbons (Fsp3) is 0.833. The van der Waals surface area contributed by atoms with Crippen molar-refractivity contribution in [2.45, 2.75) is 65.7 Å². The zero-order valence-electron chi connectivity index (χ0n) is 9.94. The van der Waals surface area contributed by atoms with Gasteiger partial charge in [-0.2, -0.15) is 19.3 Å². The molecule has 1 heteroatoms. The molecule has 0 aliphatic carbocycles. The summed E-state index contributed by atoms with van der Waals surface area (Å²) in [6.45, 7) is 10.3. The molecule has 0 radical (unpaired) electrons. The molecule has 0 aromatic heterocycles. The summed E-state index contributed by atoms with van der Waals surface area (Å²) in [5.74, 6) is 0. The van der Waals surface area contributed by atoms with Gasteiger partial charge in [-0.15, -0.1) is 0 Å². The topological polar surface area (TPSA) is 0 Å². The third-order valence-corrected chi connectivity index (χ3v) is 1.65. The van der Waals surface area contributed by atoms with Crippen molar-refractivity contribution in [3.05, 3.63) is 13.3 Å². The van der Waals surface area contributed by atoms with Crippen molar-refractivity contribution < 1.29 is 0 Å². The van der Waals surface area contributed by atoms with Gasteiger partial charge in [-0.1, -0.05) is 46.5 Å². The van der Waals surface area contributed by atoms with E-state index in [-0.39, 0.29) is 23.1 Å². The molecule has 0 rings (SSSR count). The van der Waals surface area contributed by atoms with Gasteiger partial charge in [-0.05, 0) is 0 Å². The van der Waals surface area contributed by atoms with Gasteiger partial charge < -0.3 is 13.3 Å². The molecule has 0 bridgehead atoms. The normalized spacial score (nSPS) is 8.31. The monoisotopic (exact) mass is 194 g/mol. The SMILES string of the molecule is CC[CH-]CCCC.[CH2-]CCCC.[Mg+2]. The summed E-state index contributed by atoms with van der Waals surface area (Å²) in [5.41, 5.74) is 0. The van der Waals surface area contributed by atoms with Crippen molar-refractivity contribution in [1.82, 2.24) is 0 Å². The van der Waals surface area contributed by atoms with Crippen molar-refractivity contribution in [2.75, 3.05) is 0 Å². The molecule has 0 atom stereocenters. The zero-order chi connectivity index (χ0) is 9.66. The molecule has 0 nitrogen and oxygen atoms in total. The quantitative estimate of drug-likeness (QED) is 0.334. The van der Waals surface area contributed by atoms with Gasteiger partial charge in [0.1, 0.15) is 0 Å². The third kappa shape index (κ3) is 32.3. The van der Waals surface area contributed by atoms with Crippen LogP contribution in [0.5, 0.6) is 0 Å². The van der Waals surface area contributed by atoms with E-state index in [2.05, 4.69) is 34.1 Å². The van der Waals surface area contributed by atoms with Crippen LogP contribution in [0.1, 0.15) is 65.7 Å². The van der Waals surface area contributed by atoms with Crippen molar-refractivity contribution in [3.8, 4) is 0 Å². The largest absolute Gasteiger partial charge is 2.00 e. The van der Waals surface area contributed by atoms with Crippen LogP contribution in [-0.4, -0.2) is 23.1 Å². The minimum Gasteiger partial charge on any atom is -0.343 e. The summed E-state index contributed by atoms with van der Waals surface area (Å²) >= 11 is 0. The second-order valence-corrected chi connectivity index (χ2v) is 3.05. The van der Waals surface area contributed by atoms with Gasteiger partial charge in [0.05, 0.1) is 0 Å². The van der Waals surface area contributed by atoms with Crippen LogP contribution < -0.4 is 0 Å². The molecule has 0 amide bonds. The first-order valence-electron chi connectivity index (χ1n) is 5.44. The van der Waals surface area contributed by atoms with E-state index in [1.54, 1.807) is 0 Å². The molecule has 0 unspecified atom stereocenters. The van der Waals surface area contributed by atoms with E-state index in [0.29, 0.717) is 0 Å². The van der Waals surface area contributed by atoms with Gasteiger partial charge in [-0.3, -0.25) is 0 Å². The maximum Gasteiger partial charge on any atom is 2.00 e. The van der Waals surface area contributed by atoms with Crippen LogP contribution in [0, 0.1) is 13.3 Å². The number of rotatable bonds is 6. The predicted molar refractivity (Wildman–Crippen MR) is 64.8 cm³/mol. The maximum atomic E-state index is 3.68. The van der Waals surface area contributed by atoms with E-state index in [4.69, 9.17) is 0 Å². The molecule has 0 aliphatic heterocycles. The van der Waals surface area contributed by atoms with Crippen LogP contribution in [0.25, 0.3) is 0 Å². The van der Waals surface area contributed by atoms with Gasteiger partial charge >= 0.3 is 23.1 Å². The summed E-state index contributed by atoms with van der Waals surface area (Å²) < 4.78 is 0. The fourth-order valence-corrected chi connectivity index (χ4v) is 0.803. The molecule has 0 heterocycles. The van der Waals surface area contributed by atoms with Gasteiger partial charge in [0.15, 0.2) is 0 Å². The molecule has 13 heavy (non-hydrogen) atoms. The minimum absolute atomic E-state index is 0. The molecule has 0 fully saturated rings. The van der Waals surface area contributed by atoms with Crippen LogP contribution >= 0.6 is 0 Å². The standard InChI is InChI=1S/C7H15.C5H11.Mg/c1-3-5-7-6-4-2;1-3-5-4-2;/h5H,3-4,6-7H2,1-2H3;1,3-5H2,2H3;/q2*-1;+2. The van der Waals surface area contributed by atoms with E-state index in [9.17, 15) is 0 Å². The van der Waals surface area contributed by atoms with E-state index in [1.165, 1.54) is 38.5 Å². The van der Waals surface area contributed by atoms with Gasteiger partial charge in [0.25, 0.3) is 0 Å². The van der Waals surface area contributed by atoms with Crippen molar-refractivity contribution >= 4 is 23.1 Å². The van der Waals surface area contributed by atoms with E-state index in [1.807, 2.05) is 0 Å². The number of hydrogen-bond donors (Lipinski definition) is 0. The Morgan fingerprint density at radius 2 is 1.54 bits per heavy atom. The second-order valence-electron chi connectivity index (χ2n) is 3.05. The van der Waals surface area contributed by atoms with E-state index < -0.39 is 0 Å². The first kappa shape index (κ1) is 19.4. The molecule has 0 aromatic rings. The van der Waals surface area contributed by atoms with Crippen LogP contribution in [-0.2, 0) is 0 Å². The Labute approximate surface area is 102 Å². The average molecular weight is 195 g/mol. The molecule has 76 valence electrons.